The van der Waals surface area contributed by atoms with Crippen LogP contribution in [0.1, 0.15) is 18.5 Å². The van der Waals surface area contributed by atoms with Crippen LogP contribution in [0, 0.1) is 0 Å². The van der Waals surface area contributed by atoms with Gasteiger partial charge in [0.2, 0.25) is 5.91 Å². The zero-order chi connectivity index (χ0) is 14.2. The zero-order valence-corrected chi connectivity index (χ0v) is 12.5. The van der Waals surface area contributed by atoms with Crippen molar-refractivity contribution in [1.82, 2.24) is 15.3 Å². The summed E-state index contributed by atoms with van der Waals surface area (Å²) in [5.41, 5.74) is 0.893. The average molecular weight is 338 g/mol. The molecule has 20 heavy (non-hydrogen) atoms. The number of aromatic amines is 1. The van der Waals surface area contributed by atoms with Crippen molar-refractivity contribution in [2.24, 2.45) is 0 Å². The predicted octanol–water partition coefficient (Wildman–Crippen LogP) is 2.65. The van der Waals surface area contributed by atoms with E-state index in [4.69, 9.17) is 4.74 Å². The van der Waals surface area contributed by atoms with Crippen LogP contribution in [0.15, 0.2) is 41.3 Å². The third-order valence-corrected chi connectivity index (χ3v) is 3.19. The highest BCUT2D eigenvalue weighted by Crippen LogP contribution is 2.16. The van der Waals surface area contributed by atoms with Crippen LogP contribution in [0.2, 0.25) is 0 Å². The molecule has 0 aliphatic rings. The predicted molar refractivity (Wildman–Crippen MR) is 79.3 cm³/mol. The molecule has 0 fully saturated rings. The average Bonchev–Trinajstić information content (AvgIpc) is 2.96. The quantitative estimate of drug-likeness (QED) is 0.763. The van der Waals surface area contributed by atoms with Crippen LogP contribution in [0.3, 0.4) is 0 Å². The molecule has 1 aromatic carbocycles. The fraction of sp³-hybridized carbons (Fsp3) is 0.286. The van der Waals surface area contributed by atoms with Crippen molar-refractivity contribution in [1.29, 1.82) is 0 Å². The summed E-state index contributed by atoms with van der Waals surface area (Å²) in [7, 11) is 0. The van der Waals surface area contributed by atoms with Gasteiger partial charge in [-0.2, -0.15) is 0 Å². The summed E-state index contributed by atoms with van der Waals surface area (Å²) < 4.78 is 6.56. The number of halogens is 1. The smallest absolute Gasteiger partial charge is 0.220 e. The first-order valence-corrected chi connectivity index (χ1v) is 7.15. The number of H-pyrrole nitrogens is 1. The van der Waals surface area contributed by atoms with Crippen molar-refractivity contribution >= 4 is 21.8 Å². The van der Waals surface area contributed by atoms with E-state index in [9.17, 15) is 4.79 Å². The number of aromatic nitrogens is 2. The number of amides is 1. The maximum atomic E-state index is 11.6. The number of nitrogens with one attached hydrogen (secondary N) is 2. The Hall–Kier alpha value is -1.82. The SMILES string of the molecule is O=C(CCCOc1ccc(Br)cc1)NCc1cnc[nH]1. The lowest BCUT2D eigenvalue weighted by Crippen LogP contribution is -2.23. The molecule has 0 radical (unpaired) electrons. The van der Waals surface area contributed by atoms with Gasteiger partial charge in [-0.15, -0.1) is 0 Å². The van der Waals surface area contributed by atoms with E-state index in [1.54, 1.807) is 12.5 Å². The summed E-state index contributed by atoms with van der Waals surface area (Å²) in [6, 6.07) is 7.63. The van der Waals surface area contributed by atoms with Gasteiger partial charge in [-0.1, -0.05) is 15.9 Å². The highest BCUT2D eigenvalue weighted by molar-refractivity contribution is 9.10. The topological polar surface area (TPSA) is 67.0 Å². The van der Waals surface area contributed by atoms with E-state index in [0.29, 0.717) is 26.0 Å². The van der Waals surface area contributed by atoms with E-state index in [-0.39, 0.29) is 5.91 Å². The number of ether oxygens (including phenoxy) is 1. The Bertz CT molecular complexity index is 526. The summed E-state index contributed by atoms with van der Waals surface area (Å²) in [6.45, 7) is 1.01. The van der Waals surface area contributed by atoms with Crippen LogP contribution in [0.4, 0.5) is 0 Å². The number of carbonyl (C=O) groups excluding carboxylic acids is 1. The normalized spacial score (nSPS) is 10.2. The number of hydrogen-bond donors (Lipinski definition) is 2. The van der Waals surface area contributed by atoms with Crippen LogP contribution in [-0.2, 0) is 11.3 Å². The Morgan fingerprint density at radius 3 is 2.85 bits per heavy atom. The summed E-state index contributed by atoms with van der Waals surface area (Å²) in [5, 5.41) is 2.82. The molecule has 1 heterocycles. The standard InChI is InChI=1S/C14H16BrN3O2/c15-11-3-5-13(6-4-11)20-7-1-2-14(19)17-9-12-8-16-10-18-12/h3-6,8,10H,1-2,7,9H2,(H,16,18)(H,17,19). The number of imidazole rings is 1. The molecule has 2 N–H and O–H groups in total. The lowest BCUT2D eigenvalue weighted by atomic mass is 10.3. The van der Waals surface area contributed by atoms with Gasteiger partial charge in [0.1, 0.15) is 5.75 Å². The van der Waals surface area contributed by atoms with Crippen molar-refractivity contribution in [3.8, 4) is 5.75 Å². The van der Waals surface area contributed by atoms with Gasteiger partial charge in [-0.05, 0) is 30.7 Å². The monoisotopic (exact) mass is 337 g/mol. The minimum Gasteiger partial charge on any atom is -0.494 e. The third-order valence-electron chi connectivity index (χ3n) is 2.66. The second kappa shape index (κ2) is 7.69. The second-order valence-corrected chi connectivity index (χ2v) is 5.18. The van der Waals surface area contributed by atoms with Crippen LogP contribution in [0.25, 0.3) is 0 Å². The minimum atomic E-state index is 0.0130. The first-order chi connectivity index (χ1) is 9.74. The fourth-order valence-electron chi connectivity index (χ4n) is 1.62. The van der Waals surface area contributed by atoms with E-state index in [1.807, 2.05) is 24.3 Å². The minimum absolute atomic E-state index is 0.0130. The molecule has 6 heteroatoms. The van der Waals surface area contributed by atoms with Crippen LogP contribution in [-0.4, -0.2) is 22.5 Å². The zero-order valence-electron chi connectivity index (χ0n) is 10.9. The molecule has 5 nitrogen and oxygen atoms in total. The Morgan fingerprint density at radius 2 is 2.15 bits per heavy atom. The number of nitrogens with zero attached hydrogens (tertiary/aromatic N) is 1. The Kier molecular flexibility index (Phi) is 5.61. The van der Waals surface area contributed by atoms with Gasteiger partial charge in [-0.25, -0.2) is 4.98 Å². The molecule has 0 unspecified atom stereocenters. The molecule has 0 saturated heterocycles. The molecular formula is C14H16BrN3O2. The van der Waals surface area contributed by atoms with Crippen molar-refractivity contribution < 1.29 is 9.53 Å². The van der Waals surface area contributed by atoms with Crippen LogP contribution < -0.4 is 10.1 Å². The van der Waals surface area contributed by atoms with Gasteiger partial charge in [-0.3, -0.25) is 4.79 Å². The molecule has 1 amide bonds. The number of rotatable bonds is 7. The summed E-state index contributed by atoms with van der Waals surface area (Å²) in [4.78, 5) is 18.4. The maximum absolute atomic E-state index is 11.6. The highest BCUT2D eigenvalue weighted by atomic mass is 79.9. The lowest BCUT2D eigenvalue weighted by Gasteiger charge is -2.06. The summed E-state index contributed by atoms with van der Waals surface area (Å²) >= 11 is 3.36. The summed E-state index contributed by atoms with van der Waals surface area (Å²) in [5.74, 6) is 0.824. The first-order valence-electron chi connectivity index (χ1n) is 6.36. The number of benzene rings is 1. The highest BCUT2D eigenvalue weighted by Gasteiger charge is 2.02. The molecule has 0 aliphatic heterocycles. The molecule has 0 atom stereocenters. The molecule has 0 aliphatic carbocycles. The van der Waals surface area contributed by atoms with Crippen molar-refractivity contribution in [3.05, 3.63) is 47.0 Å². The largest absolute Gasteiger partial charge is 0.494 e. The maximum Gasteiger partial charge on any atom is 0.220 e. The second-order valence-electron chi connectivity index (χ2n) is 4.26. The fourth-order valence-corrected chi connectivity index (χ4v) is 1.88. The van der Waals surface area contributed by atoms with E-state index in [1.165, 1.54) is 0 Å². The Labute approximate surface area is 125 Å². The van der Waals surface area contributed by atoms with Gasteiger partial charge in [0.25, 0.3) is 0 Å². The van der Waals surface area contributed by atoms with Crippen molar-refractivity contribution in [2.75, 3.05) is 6.61 Å². The first kappa shape index (κ1) is 14.6. The molecule has 2 aromatic rings. The molecule has 0 bridgehead atoms. The van der Waals surface area contributed by atoms with Gasteiger partial charge in [0, 0.05) is 17.1 Å². The molecule has 1 aromatic heterocycles. The molecular weight excluding hydrogens is 322 g/mol. The Balaban J connectivity index is 1.58. The van der Waals surface area contributed by atoms with Gasteiger partial charge >= 0.3 is 0 Å². The Morgan fingerprint density at radius 1 is 1.35 bits per heavy atom. The lowest BCUT2D eigenvalue weighted by molar-refractivity contribution is -0.121. The van der Waals surface area contributed by atoms with E-state index in [2.05, 4.69) is 31.2 Å². The third kappa shape index (κ3) is 5.05. The molecule has 2 rings (SSSR count). The van der Waals surface area contributed by atoms with Crippen LogP contribution in [0.5, 0.6) is 5.75 Å². The van der Waals surface area contributed by atoms with Gasteiger partial charge < -0.3 is 15.0 Å². The van der Waals surface area contributed by atoms with Gasteiger partial charge in [0.15, 0.2) is 0 Å². The van der Waals surface area contributed by atoms with Crippen molar-refractivity contribution in [3.63, 3.8) is 0 Å². The molecule has 0 saturated carbocycles. The molecule has 0 spiro atoms. The van der Waals surface area contributed by atoms with Crippen LogP contribution >= 0.6 is 15.9 Å². The van der Waals surface area contributed by atoms with Gasteiger partial charge in [0.05, 0.1) is 25.2 Å². The summed E-state index contributed by atoms with van der Waals surface area (Å²) in [6.07, 6.45) is 4.42. The van der Waals surface area contributed by atoms with E-state index < -0.39 is 0 Å². The van der Waals surface area contributed by atoms with E-state index in [0.717, 1.165) is 15.9 Å². The van der Waals surface area contributed by atoms with Crippen molar-refractivity contribution in [2.45, 2.75) is 19.4 Å². The number of carbonyl (C=O) groups is 1. The van der Waals surface area contributed by atoms with E-state index >= 15 is 0 Å². The molecule has 106 valence electrons. The number of hydrogen-bond acceptors (Lipinski definition) is 3.